The van der Waals surface area contributed by atoms with Gasteiger partial charge in [0.25, 0.3) is 0 Å². The Hall–Kier alpha value is -1.11. The van der Waals surface area contributed by atoms with Crippen LogP contribution in [-0.4, -0.2) is 37.8 Å². The van der Waals surface area contributed by atoms with Gasteiger partial charge >= 0.3 is 0 Å². The molecule has 3 atom stereocenters. The van der Waals surface area contributed by atoms with Crippen LogP contribution < -0.4 is 5.32 Å². The molecular weight excluding hydrogens is 432 g/mol. The van der Waals surface area contributed by atoms with Gasteiger partial charge in [-0.2, -0.15) is 4.31 Å². The minimum atomic E-state index is -3.57. The second-order valence-corrected chi connectivity index (χ2v) is 12.2. The normalized spacial score (nSPS) is 31.5. The maximum absolute atomic E-state index is 13.1. The summed E-state index contributed by atoms with van der Waals surface area (Å²) in [6, 6.07) is 6.39. The molecule has 5 nitrogen and oxygen atoms in total. The molecule has 3 saturated carbocycles. The van der Waals surface area contributed by atoms with Gasteiger partial charge in [-0.15, -0.1) is 0 Å². The average Bonchev–Trinajstić information content (AvgIpc) is 3.16. The number of nitrogens with one attached hydrogen (secondary N) is 1. The van der Waals surface area contributed by atoms with Gasteiger partial charge in [0.2, 0.25) is 15.9 Å². The molecule has 0 radical (unpaired) electrons. The Balaban J connectivity index is 1.32. The summed E-state index contributed by atoms with van der Waals surface area (Å²) < 4.78 is 27.8. The third kappa shape index (κ3) is 5.28. The summed E-state index contributed by atoms with van der Waals surface area (Å²) in [5.74, 6) is 2.58. The molecule has 0 aromatic heterocycles. The van der Waals surface area contributed by atoms with Crippen molar-refractivity contribution in [1.82, 2.24) is 9.62 Å². The second-order valence-electron chi connectivity index (χ2n) is 9.83. The summed E-state index contributed by atoms with van der Waals surface area (Å²) in [7, 11) is -3.57. The third-order valence-corrected chi connectivity index (χ3v) is 9.87. The van der Waals surface area contributed by atoms with Gasteiger partial charge < -0.3 is 5.32 Å². The van der Waals surface area contributed by atoms with Crippen molar-refractivity contribution in [2.24, 2.45) is 23.7 Å². The van der Waals surface area contributed by atoms with Crippen LogP contribution in [0.5, 0.6) is 0 Å². The van der Waals surface area contributed by atoms with Gasteiger partial charge in [0.1, 0.15) is 0 Å². The van der Waals surface area contributed by atoms with Crippen LogP contribution in [0.3, 0.4) is 0 Å². The van der Waals surface area contributed by atoms with Crippen molar-refractivity contribution >= 4 is 27.5 Å². The van der Waals surface area contributed by atoms with E-state index in [1.54, 1.807) is 22.5 Å². The predicted molar refractivity (Wildman–Crippen MR) is 123 cm³/mol. The van der Waals surface area contributed by atoms with Crippen molar-refractivity contribution < 1.29 is 13.2 Å². The molecule has 1 heterocycles. The summed E-state index contributed by atoms with van der Waals surface area (Å²) in [6.07, 6.45) is 9.42. The van der Waals surface area contributed by atoms with Crippen molar-refractivity contribution in [2.75, 3.05) is 13.1 Å². The monoisotopic (exact) mass is 466 g/mol. The number of hydrogen-bond donors (Lipinski definition) is 1. The lowest BCUT2D eigenvalue weighted by molar-refractivity contribution is -0.127. The molecule has 2 bridgehead atoms. The number of amides is 1. The van der Waals surface area contributed by atoms with Gasteiger partial charge in [-0.05, 0) is 87.3 Å². The first-order valence-electron chi connectivity index (χ1n) is 11.9. The molecule has 1 saturated heterocycles. The molecule has 5 rings (SSSR count). The minimum Gasteiger partial charge on any atom is -0.356 e. The summed E-state index contributed by atoms with van der Waals surface area (Å²) >= 11 is 6.01. The Morgan fingerprint density at radius 2 is 1.94 bits per heavy atom. The lowest BCUT2D eigenvalue weighted by Crippen LogP contribution is -2.41. The highest BCUT2D eigenvalue weighted by Gasteiger charge is 2.38. The highest BCUT2D eigenvalue weighted by atomic mass is 35.5. The topological polar surface area (TPSA) is 66.5 Å². The molecule has 1 amide bonds. The van der Waals surface area contributed by atoms with Gasteiger partial charge in [0.05, 0.1) is 4.90 Å². The zero-order chi connectivity index (χ0) is 22.0. The van der Waals surface area contributed by atoms with E-state index in [1.807, 2.05) is 0 Å². The predicted octanol–water partition coefficient (Wildman–Crippen LogP) is 4.85. The van der Waals surface area contributed by atoms with E-state index in [1.165, 1.54) is 25.3 Å². The third-order valence-electron chi connectivity index (χ3n) is 7.69. The van der Waals surface area contributed by atoms with E-state index < -0.39 is 10.0 Å². The van der Waals surface area contributed by atoms with E-state index in [0.29, 0.717) is 30.5 Å². The van der Waals surface area contributed by atoms with Crippen LogP contribution in [0.1, 0.15) is 64.7 Å². The maximum atomic E-state index is 13.1. The Labute approximate surface area is 192 Å². The zero-order valence-electron chi connectivity index (χ0n) is 18.4. The van der Waals surface area contributed by atoms with Crippen molar-refractivity contribution in [3.63, 3.8) is 0 Å². The van der Waals surface area contributed by atoms with Gasteiger partial charge in [-0.3, -0.25) is 4.79 Å². The largest absolute Gasteiger partial charge is 0.356 e. The first-order valence-corrected chi connectivity index (χ1v) is 13.7. The summed E-state index contributed by atoms with van der Waals surface area (Å²) in [5.41, 5.74) is 0. The number of carbonyl (C=O) groups is 1. The molecule has 3 aliphatic carbocycles. The van der Waals surface area contributed by atoms with E-state index in [9.17, 15) is 13.2 Å². The van der Waals surface area contributed by atoms with E-state index >= 15 is 0 Å². The Kier molecular flexibility index (Phi) is 7.29. The molecule has 172 valence electrons. The van der Waals surface area contributed by atoms with E-state index in [2.05, 4.69) is 12.2 Å². The molecule has 1 aromatic rings. The van der Waals surface area contributed by atoms with E-state index in [4.69, 9.17) is 11.6 Å². The maximum Gasteiger partial charge on any atom is 0.243 e. The van der Waals surface area contributed by atoms with Crippen molar-refractivity contribution in [3.05, 3.63) is 29.3 Å². The number of nitrogens with zero attached hydrogens (tertiary/aromatic N) is 1. The van der Waals surface area contributed by atoms with Gasteiger partial charge in [-0.25, -0.2) is 8.42 Å². The quantitative estimate of drug-likeness (QED) is 0.624. The molecule has 4 fully saturated rings. The van der Waals surface area contributed by atoms with Gasteiger partial charge in [0, 0.05) is 30.1 Å². The number of carbonyl (C=O) groups excluding carboxylic acids is 1. The molecule has 1 aliphatic heterocycles. The van der Waals surface area contributed by atoms with Crippen LogP contribution in [0.15, 0.2) is 29.2 Å². The molecule has 7 heteroatoms. The molecule has 1 aromatic carbocycles. The number of benzene rings is 1. The number of hydrogen-bond acceptors (Lipinski definition) is 3. The Morgan fingerprint density at radius 1 is 1.16 bits per heavy atom. The fraction of sp³-hybridized carbons (Fsp3) is 0.708. The Morgan fingerprint density at radius 3 is 2.68 bits per heavy atom. The first-order chi connectivity index (χ1) is 14.9. The van der Waals surface area contributed by atoms with Crippen LogP contribution in [0.4, 0.5) is 0 Å². The molecule has 1 unspecified atom stereocenters. The summed E-state index contributed by atoms with van der Waals surface area (Å²) in [4.78, 5) is 13.2. The minimum absolute atomic E-state index is 0.0719. The number of sulfonamides is 1. The van der Waals surface area contributed by atoms with Crippen LogP contribution >= 0.6 is 11.6 Å². The lowest BCUT2D eigenvalue weighted by Gasteiger charge is -2.42. The fourth-order valence-electron chi connectivity index (χ4n) is 5.96. The van der Waals surface area contributed by atoms with Crippen molar-refractivity contribution in [1.29, 1.82) is 0 Å². The number of halogens is 1. The van der Waals surface area contributed by atoms with E-state index in [0.717, 1.165) is 43.9 Å². The fourth-order valence-corrected chi connectivity index (χ4v) is 7.98. The highest BCUT2D eigenvalue weighted by Crippen LogP contribution is 2.46. The lowest BCUT2D eigenvalue weighted by atomic mass is 9.63. The Bertz CT molecular complexity index is 885. The SMILES string of the molecule is CC[C@H]1CC2CC(C2)C[C@H](C(=O)NCCC2CCCN2S(=O)(=O)c2cccc(Cl)c2)C1. The highest BCUT2D eigenvalue weighted by molar-refractivity contribution is 7.89. The zero-order valence-corrected chi connectivity index (χ0v) is 20.0. The van der Waals surface area contributed by atoms with Crippen LogP contribution in [-0.2, 0) is 14.8 Å². The van der Waals surface area contributed by atoms with E-state index in [-0.39, 0.29) is 22.8 Å². The molecule has 4 aliphatic rings. The van der Waals surface area contributed by atoms with Crippen LogP contribution in [0.2, 0.25) is 5.02 Å². The summed E-state index contributed by atoms with van der Waals surface area (Å²) in [6.45, 7) is 3.30. The summed E-state index contributed by atoms with van der Waals surface area (Å²) in [5, 5.41) is 3.57. The standard InChI is InChI=1S/C24H35ClN2O3S/c1-2-17-11-18-12-19(13-18)15-20(14-17)24(28)26-9-8-22-6-4-10-27(22)31(29,30)23-7-3-5-21(25)16-23/h3,5,7,16-20,22H,2,4,6,8-15H2,1H3,(H,26,28)/t17-,18?,19?,20+,22?/m0/s1. The first kappa shape index (κ1) is 23.1. The van der Waals surface area contributed by atoms with Crippen molar-refractivity contribution in [3.8, 4) is 0 Å². The molecule has 0 spiro atoms. The molecule has 1 N–H and O–H groups in total. The van der Waals surface area contributed by atoms with Gasteiger partial charge in [-0.1, -0.05) is 31.0 Å². The molecular formula is C24H35ClN2O3S. The van der Waals surface area contributed by atoms with Crippen LogP contribution in [0, 0.1) is 23.7 Å². The van der Waals surface area contributed by atoms with Gasteiger partial charge in [0.15, 0.2) is 0 Å². The number of rotatable bonds is 7. The molecule has 31 heavy (non-hydrogen) atoms. The van der Waals surface area contributed by atoms with Crippen LogP contribution in [0.25, 0.3) is 0 Å². The van der Waals surface area contributed by atoms with Crippen molar-refractivity contribution in [2.45, 2.75) is 75.6 Å². The average molecular weight is 467 g/mol. The smallest absolute Gasteiger partial charge is 0.243 e. The second kappa shape index (κ2) is 9.80. The number of fused-ring (bicyclic) bond motifs is 4.